The van der Waals surface area contributed by atoms with E-state index in [9.17, 15) is 14.4 Å². The van der Waals surface area contributed by atoms with E-state index >= 15 is 0 Å². The first-order valence-electron chi connectivity index (χ1n) is 11.2. The van der Waals surface area contributed by atoms with E-state index in [2.05, 4.69) is 0 Å². The second-order valence-electron chi connectivity index (χ2n) is 10.6. The predicted molar refractivity (Wildman–Crippen MR) is 105 cm³/mol. The van der Waals surface area contributed by atoms with Crippen LogP contribution in [0.25, 0.3) is 0 Å². The Labute approximate surface area is 173 Å². The highest BCUT2D eigenvalue weighted by atomic mass is 16.6. The Bertz CT molecular complexity index is 665. The molecule has 0 radical (unpaired) electrons. The molecule has 6 nitrogen and oxygen atoms in total. The third kappa shape index (κ3) is 4.46. The average Bonchev–Trinajstić information content (AvgIpc) is 3.40. The fourth-order valence-electron chi connectivity index (χ4n) is 6.95. The molecule has 0 spiro atoms. The normalized spacial score (nSPS) is 36.7. The lowest BCUT2D eigenvalue weighted by atomic mass is 9.68. The van der Waals surface area contributed by atoms with E-state index in [1.54, 1.807) is 20.8 Å². The molecule has 4 fully saturated rings. The predicted octanol–water partition coefficient (Wildman–Crippen LogP) is 3.51. The zero-order valence-electron chi connectivity index (χ0n) is 17.9. The van der Waals surface area contributed by atoms with Gasteiger partial charge in [-0.1, -0.05) is 0 Å². The SMILES string of the molecule is CC(C)(C)OC(=O)COC(=O)CCC(=O)OCC1CC2CC1C1C3CCC(C3)C21. The van der Waals surface area contributed by atoms with Gasteiger partial charge in [0.25, 0.3) is 0 Å². The maximum absolute atomic E-state index is 12.1. The van der Waals surface area contributed by atoms with Gasteiger partial charge in [-0.15, -0.1) is 0 Å². The second-order valence-corrected chi connectivity index (χ2v) is 10.6. The van der Waals surface area contributed by atoms with Crippen LogP contribution in [-0.4, -0.2) is 36.7 Å². The fourth-order valence-corrected chi connectivity index (χ4v) is 6.95. The molecule has 0 saturated heterocycles. The molecule has 7 unspecified atom stereocenters. The van der Waals surface area contributed by atoms with Crippen LogP contribution in [0.5, 0.6) is 0 Å². The Morgan fingerprint density at radius 3 is 2.14 bits per heavy atom. The number of fused-ring (bicyclic) bond motifs is 9. The molecular formula is C23H34O6. The van der Waals surface area contributed by atoms with Crippen LogP contribution in [-0.2, 0) is 28.6 Å². The van der Waals surface area contributed by atoms with Crippen LogP contribution in [0.3, 0.4) is 0 Å². The summed E-state index contributed by atoms with van der Waals surface area (Å²) in [6, 6.07) is 0. The maximum Gasteiger partial charge on any atom is 0.344 e. The third-order valence-corrected chi connectivity index (χ3v) is 7.63. The van der Waals surface area contributed by atoms with Crippen molar-refractivity contribution in [2.45, 2.75) is 71.3 Å². The first-order chi connectivity index (χ1) is 13.7. The van der Waals surface area contributed by atoms with E-state index in [1.807, 2.05) is 0 Å². The van der Waals surface area contributed by atoms with Gasteiger partial charge in [-0.2, -0.15) is 0 Å². The van der Waals surface area contributed by atoms with Gasteiger partial charge in [-0.05, 0) is 94.3 Å². The molecule has 0 heterocycles. The summed E-state index contributed by atoms with van der Waals surface area (Å²) in [5.41, 5.74) is -0.620. The van der Waals surface area contributed by atoms with Crippen LogP contribution in [0.15, 0.2) is 0 Å². The van der Waals surface area contributed by atoms with Crippen LogP contribution in [0.4, 0.5) is 0 Å². The summed E-state index contributed by atoms with van der Waals surface area (Å²) in [4.78, 5) is 35.4. The number of hydrogen-bond acceptors (Lipinski definition) is 6. The van der Waals surface area contributed by atoms with Gasteiger partial charge in [0, 0.05) is 0 Å². The highest BCUT2D eigenvalue weighted by Gasteiger charge is 2.62. The van der Waals surface area contributed by atoms with Gasteiger partial charge >= 0.3 is 17.9 Å². The standard InChI is InChI=1S/C23H34O6/c1-23(2,3)29-20(26)12-28-19(25)7-6-18(24)27-11-16-9-15-10-17(16)22-14-5-4-13(8-14)21(15)22/h13-17,21-22H,4-12H2,1-3H3. The Morgan fingerprint density at radius 1 is 0.793 bits per heavy atom. The number of ether oxygens (including phenoxy) is 3. The van der Waals surface area contributed by atoms with E-state index in [-0.39, 0.29) is 18.8 Å². The highest BCUT2D eigenvalue weighted by Crippen LogP contribution is 2.68. The molecule has 29 heavy (non-hydrogen) atoms. The fraction of sp³-hybridized carbons (Fsp3) is 0.870. The van der Waals surface area contributed by atoms with Crippen LogP contribution in [0.2, 0.25) is 0 Å². The molecule has 4 saturated carbocycles. The lowest BCUT2D eigenvalue weighted by Gasteiger charge is -2.38. The molecule has 0 aromatic carbocycles. The summed E-state index contributed by atoms with van der Waals surface area (Å²) in [6.07, 6.45) is 6.76. The third-order valence-electron chi connectivity index (χ3n) is 7.63. The van der Waals surface area contributed by atoms with E-state index in [0.29, 0.717) is 12.5 Å². The van der Waals surface area contributed by atoms with Crippen molar-refractivity contribution in [2.24, 2.45) is 41.4 Å². The van der Waals surface area contributed by atoms with E-state index in [1.165, 1.54) is 32.1 Å². The molecule has 162 valence electrons. The summed E-state index contributed by atoms with van der Waals surface area (Å²) in [5, 5.41) is 0. The van der Waals surface area contributed by atoms with Gasteiger partial charge in [-0.3, -0.25) is 9.59 Å². The number of rotatable bonds is 7. The Kier molecular flexibility index (Phi) is 5.64. The monoisotopic (exact) mass is 406 g/mol. The van der Waals surface area contributed by atoms with Crippen LogP contribution in [0, 0.1) is 41.4 Å². The van der Waals surface area contributed by atoms with Gasteiger partial charge < -0.3 is 14.2 Å². The lowest BCUT2D eigenvalue weighted by Crippen LogP contribution is -2.34. The van der Waals surface area contributed by atoms with Gasteiger partial charge in [0.15, 0.2) is 6.61 Å². The van der Waals surface area contributed by atoms with Crippen molar-refractivity contribution in [3.63, 3.8) is 0 Å². The minimum Gasteiger partial charge on any atom is -0.465 e. The van der Waals surface area contributed by atoms with Crippen molar-refractivity contribution in [1.82, 2.24) is 0 Å². The summed E-state index contributed by atoms with van der Waals surface area (Å²) < 4.78 is 15.5. The number of carbonyl (C=O) groups excluding carboxylic acids is 3. The van der Waals surface area contributed by atoms with Crippen LogP contribution < -0.4 is 0 Å². The molecule has 4 aliphatic rings. The van der Waals surface area contributed by atoms with Crippen molar-refractivity contribution in [3.05, 3.63) is 0 Å². The van der Waals surface area contributed by atoms with Gasteiger partial charge in [0.1, 0.15) is 5.60 Å². The second kappa shape index (κ2) is 7.92. The number of hydrogen-bond donors (Lipinski definition) is 0. The molecule has 0 amide bonds. The first-order valence-corrected chi connectivity index (χ1v) is 11.2. The van der Waals surface area contributed by atoms with E-state index in [0.717, 1.165) is 35.5 Å². The molecule has 0 aliphatic heterocycles. The molecule has 0 aromatic rings. The maximum atomic E-state index is 12.1. The van der Waals surface area contributed by atoms with Crippen molar-refractivity contribution in [2.75, 3.05) is 13.2 Å². The molecule has 4 bridgehead atoms. The van der Waals surface area contributed by atoms with Crippen molar-refractivity contribution < 1.29 is 28.6 Å². The van der Waals surface area contributed by atoms with Gasteiger partial charge in [-0.25, -0.2) is 4.79 Å². The summed E-state index contributed by atoms with van der Waals surface area (Å²) in [7, 11) is 0. The minimum absolute atomic E-state index is 0.00921. The zero-order chi connectivity index (χ0) is 20.8. The number of carbonyl (C=O) groups is 3. The van der Waals surface area contributed by atoms with Crippen LogP contribution >= 0.6 is 0 Å². The quantitative estimate of drug-likeness (QED) is 0.366. The Morgan fingerprint density at radius 2 is 1.45 bits per heavy atom. The molecule has 4 rings (SSSR count). The topological polar surface area (TPSA) is 78.9 Å². The Balaban J connectivity index is 1.13. The average molecular weight is 407 g/mol. The molecular weight excluding hydrogens is 372 g/mol. The van der Waals surface area contributed by atoms with Crippen molar-refractivity contribution in [1.29, 1.82) is 0 Å². The van der Waals surface area contributed by atoms with Gasteiger partial charge in [0.05, 0.1) is 19.4 Å². The first kappa shape index (κ1) is 20.7. The minimum atomic E-state index is -0.620. The lowest BCUT2D eigenvalue weighted by molar-refractivity contribution is -0.166. The molecule has 7 atom stereocenters. The molecule has 4 aliphatic carbocycles. The summed E-state index contributed by atoms with van der Waals surface area (Å²) >= 11 is 0. The summed E-state index contributed by atoms with van der Waals surface area (Å²) in [6.45, 7) is 5.30. The molecule has 6 heteroatoms. The Hall–Kier alpha value is -1.59. The van der Waals surface area contributed by atoms with Crippen molar-refractivity contribution in [3.8, 4) is 0 Å². The van der Waals surface area contributed by atoms with Crippen molar-refractivity contribution >= 4 is 17.9 Å². The highest BCUT2D eigenvalue weighted by molar-refractivity contribution is 5.80. The van der Waals surface area contributed by atoms with E-state index < -0.39 is 24.1 Å². The largest absolute Gasteiger partial charge is 0.465 e. The van der Waals surface area contributed by atoms with E-state index in [4.69, 9.17) is 14.2 Å². The van der Waals surface area contributed by atoms with Gasteiger partial charge in [0.2, 0.25) is 0 Å². The molecule has 0 aromatic heterocycles. The number of esters is 3. The smallest absolute Gasteiger partial charge is 0.344 e. The molecule has 0 N–H and O–H groups in total. The van der Waals surface area contributed by atoms with Crippen LogP contribution in [0.1, 0.15) is 65.7 Å². The zero-order valence-corrected chi connectivity index (χ0v) is 17.9. The summed E-state index contributed by atoms with van der Waals surface area (Å²) in [5.74, 6) is 4.33.